The highest BCUT2D eigenvalue weighted by Crippen LogP contribution is 2.00. The van der Waals surface area contributed by atoms with Crippen LogP contribution >= 0.6 is 0 Å². The van der Waals surface area contributed by atoms with E-state index in [2.05, 4.69) is 10.1 Å². The van der Waals surface area contributed by atoms with Gasteiger partial charge < -0.3 is 5.73 Å². The van der Waals surface area contributed by atoms with Crippen molar-refractivity contribution < 1.29 is 0 Å². The average molecular weight is 150 g/mol. The first-order chi connectivity index (χ1) is 4.86. The Morgan fingerprint density at radius 3 is 3.09 bits per heavy atom. The normalized spacial score (nSPS) is 9.45. The summed E-state index contributed by atoms with van der Waals surface area (Å²) in [6.07, 6.45) is 3.51. The van der Waals surface area contributed by atoms with Gasteiger partial charge in [-0.2, -0.15) is 0 Å². The summed E-state index contributed by atoms with van der Waals surface area (Å²) in [5, 5.41) is 3.92. The molecule has 0 atom stereocenters. The van der Waals surface area contributed by atoms with Gasteiger partial charge in [0.05, 0.1) is 11.7 Å². The summed E-state index contributed by atoms with van der Waals surface area (Å²) in [6, 6.07) is 3.81. The number of nitrogens with two attached hydrogens (primary N) is 1. The second-order valence-electron chi connectivity index (χ2n) is 1.99. The van der Waals surface area contributed by atoms with E-state index in [-0.39, 0.29) is 7.43 Å². The summed E-state index contributed by atoms with van der Waals surface area (Å²) in [7, 11) is 0. The number of anilines is 1. The zero-order valence-corrected chi connectivity index (χ0v) is 5.23. The Morgan fingerprint density at radius 1 is 1.45 bits per heavy atom. The van der Waals surface area contributed by atoms with Crippen molar-refractivity contribution in [2.24, 2.45) is 0 Å². The third-order valence-corrected chi connectivity index (χ3v) is 1.30. The third-order valence-electron chi connectivity index (χ3n) is 1.30. The van der Waals surface area contributed by atoms with E-state index in [1.165, 1.54) is 0 Å². The van der Waals surface area contributed by atoms with Crippen molar-refractivity contribution in [3.8, 4) is 0 Å². The van der Waals surface area contributed by atoms with E-state index in [0.717, 1.165) is 5.52 Å². The molecule has 2 aromatic heterocycles. The predicted octanol–water partition coefficient (Wildman–Crippen LogP) is 0.948. The number of nitrogens with zero attached hydrogens (tertiary/aromatic N) is 3. The minimum atomic E-state index is 0. The van der Waals surface area contributed by atoms with Crippen LogP contribution in [-0.2, 0) is 0 Å². The summed E-state index contributed by atoms with van der Waals surface area (Å²) in [5.74, 6) is 0.295. The Kier molecular flexibility index (Phi) is 1.76. The highest BCUT2D eigenvalue weighted by molar-refractivity contribution is 5.44. The second kappa shape index (κ2) is 2.57. The molecule has 2 heterocycles. The Bertz CT molecular complexity index is 352. The predicted molar refractivity (Wildman–Crippen MR) is 44.1 cm³/mol. The molecular weight excluding hydrogens is 140 g/mol. The minimum Gasteiger partial charge on any atom is -0.367 e. The summed E-state index contributed by atoms with van der Waals surface area (Å²) < 4.78 is 1.68. The molecule has 0 spiro atoms. The third kappa shape index (κ3) is 1.14. The molecule has 0 aliphatic rings. The van der Waals surface area contributed by atoms with Gasteiger partial charge in [0.2, 0.25) is 5.95 Å². The lowest BCUT2D eigenvalue weighted by Gasteiger charge is -1.92. The molecule has 0 bridgehead atoms. The van der Waals surface area contributed by atoms with Crippen molar-refractivity contribution in [1.82, 2.24) is 14.6 Å². The minimum absolute atomic E-state index is 0. The first kappa shape index (κ1) is 7.53. The summed E-state index contributed by atoms with van der Waals surface area (Å²) in [5.41, 5.74) is 6.29. The van der Waals surface area contributed by atoms with E-state index in [9.17, 15) is 0 Å². The average Bonchev–Trinajstić information content (AvgIpc) is 2.33. The monoisotopic (exact) mass is 150 g/mol. The van der Waals surface area contributed by atoms with Crippen LogP contribution in [0.1, 0.15) is 7.43 Å². The number of hydrogen-bond donors (Lipinski definition) is 1. The smallest absolute Gasteiger partial charge is 0.238 e. The number of fused-ring (bicyclic) bond motifs is 1. The first-order valence-electron chi connectivity index (χ1n) is 2.92. The van der Waals surface area contributed by atoms with Crippen LogP contribution in [-0.4, -0.2) is 14.6 Å². The number of nitrogen functional groups attached to an aromatic ring is 1. The second-order valence-corrected chi connectivity index (χ2v) is 1.99. The number of hydrogen-bond acceptors (Lipinski definition) is 3. The Hall–Kier alpha value is -1.58. The molecular formula is C7H10N4. The van der Waals surface area contributed by atoms with Crippen molar-refractivity contribution in [3.05, 3.63) is 24.5 Å². The van der Waals surface area contributed by atoms with Crippen molar-refractivity contribution in [2.75, 3.05) is 5.73 Å². The van der Waals surface area contributed by atoms with Gasteiger partial charge in [0.15, 0.2) is 0 Å². The van der Waals surface area contributed by atoms with Gasteiger partial charge in [-0.15, -0.1) is 5.10 Å². The zero-order chi connectivity index (χ0) is 6.97. The lowest BCUT2D eigenvalue weighted by molar-refractivity contribution is 0.917. The van der Waals surface area contributed by atoms with Gasteiger partial charge in [0.25, 0.3) is 0 Å². The molecule has 2 N–H and O–H groups in total. The van der Waals surface area contributed by atoms with Crippen molar-refractivity contribution in [3.63, 3.8) is 0 Å². The van der Waals surface area contributed by atoms with Crippen LogP contribution in [0.15, 0.2) is 24.5 Å². The van der Waals surface area contributed by atoms with Crippen molar-refractivity contribution in [2.45, 2.75) is 7.43 Å². The Labute approximate surface area is 64.7 Å². The molecule has 11 heavy (non-hydrogen) atoms. The fourth-order valence-corrected chi connectivity index (χ4v) is 0.847. The van der Waals surface area contributed by atoms with Gasteiger partial charge >= 0.3 is 0 Å². The maximum atomic E-state index is 5.34. The van der Waals surface area contributed by atoms with Gasteiger partial charge in [0, 0.05) is 6.20 Å². The van der Waals surface area contributed by atoms with Gasteiger partial charge in [-0.05, 0) is 12.1 Å². The Balaban J connectivity index is 0.000000605. The first-order valence-corrected chi connectivity index (χ1v) is 2.92. The van der Waals surface area contributed by atoms with E-state index in [0.29, 0.717) is 5.95 Å². The molecule has 4 heteroatoms. The molecule has 0 saturated heterocycles. The van der Waals surface area contributed by atoms with Gasteiger partial charge in [-0.1, -0.05) is 7.43 Å². The van der Waals surface area contributed by atoms with E-state index < -0.39 is 0 Å². The summed E-state index contributed by atoms with van der Waals surface area (Å²) in [4.78, 5) is 3.83. The van der Waals surface area contributed by atoms with Crippen molar-refractivity contribution >= 4 is 11.5 Å². The summed E-state index contributed by atoms with van der Waals surface area (Å²) in [6.45, 7) is 0. The molecule has 4 nitrogen and oxygen atoms in total. The molecule has 0 aromatic carbocycles. The van der Waals surface area contributed by atoms with Crippen LogP contribution in [0.3, 0.4) is 0 Å². The Morgan fingerprint density at radius 2 is 2.27 bits per heavy atom. The van der Waals surface area contributed by atoms with Crippen LogP contribution < -0.4 is 5.73 Å². The molecule has 0 saturated carbocycles. The van der Waals surface area contributed by atoms with Gasteiger partial charge in [0.1, 0.15) is 0 Å². The largest absolute Gasteiger partial charge is 0.367 e. The molecule has 58 valence electrons. The van der Waals surface area contributed by atoms with Crippen LogP contribution in [0.4, 0.5) is 5.95 Å². The standard InChI is InChI=1S/C6H6N4.CH4/c7-6-8-4-5-2-1-3-10(5)9-6;/h1-4H,(H2,7,9);1H4. The van der Waals surface area contributed by atoms with Crippen molar-refractivity contribution in [1.29, 1.82) is 0 Å². The quantitative estimate of drug-likeness (QED) is 0.608. The van der Waals surface area contributed by atoms with Crippen LogP contribution in [0.2, 0.25) is 0 Å². The van der Waals surface area contributed by atoms with E-state index >= 15 is 0 Å². The molecule has 2 rings (SSSR count). The molecule has 2 aromatic rings. The zero-order valence-electron chi connectivity index (χ0n) is 5.23. The van der Waals surface area contributed by atoms with Gasteiger partial charge in [-0.25, -0.2) is 9.50 Å². The fraction of sp³-hybridized carbons (Fsp3) is 0.143. The SMILES string of the molecule is C.Nc1ncc2cccn2n1. The van der Waals surface area contributed by atoms with E-state index in [1.807, 2.05) is 18.3 Å². The molecule has 0 fully saturated rings. The lowest BCUT2D eigenvalue weighted by atomic mass is 10.5. The highest BCUT2D eigenvalue weighted by Gasteiger charge is 1.91. The fourth-order valence-electron chi connectivity index (χ4n) is 0.847. The van der Waals surface area contributed by atoms with Crippen LogP contribution in [0.5, 0.6) is 0 Å². The molecule has 0 aliphatic heterocycles. The van der Waals surface area contributed by atoms with Crippen LogP contribution in [0, 0.1) is 0 Å². The van der Waals surface area contributed by atoms with E-state index in [1.54, 1.807) is 10.7 Å². The van der Waals surface area contributed by atoms with E-state index in [4.69, 9.17) is 5.73 Å². The number of aromatic nitrogens is 3. The van der Waals surface area contributed by atoms with Crippen LogP contribution in [0.25, 0.3) is 5.52 Å². The topological polar surface area (TPSA) is 56.2 Å². The molecule has 0 aliphatic carbocycles. The summed E-state index contributed by atoms with van der Waals surface area (Å²) >= 11 is 0. The number of rotatable bonds is 0. The highest BCUT2D eigenvalue weighted by atomic mass is 15.3. The maximum Gasteiger partial charge on any atom is 0.238 e. The molecule has 0 radical (unpaired) electrons. The molecule has 0 unspecified atom stereocenters. The molecule has 0 amide bonds. The maximum absolute atomic E-state index is 5.34. The van der Waals surface area contributed by atoms with Gasteiger partial charge in [-0.3, -0.25) is 0 Å². The lowest BCUT2D eigenvalue weighted by Crippen LogP contribution is -1.98.